The first-order valence-electron chi connectivity index (χ1n) is 7.51. The molecule has 0 amide bonds. The monoisotopic (exact) mass is 314 g/mol. The zero-order chi connectivity index (χ0) is 15.3. The summed E-state index contributed by atoms with van der Waals surface area (Å²) < 4.78 is 40.6. The fraction of sp³-hybridized carbons (Fsp3) is 0.600. The summed E-state index contributed by atoms with van der Waals surface area (Å²) in [5, 5.41) is 3.16. The molecule has 0 aliphatic heterocycles. The number of sulfonamides is 1. The van der Waals surface area contributed by atoms with Gasteiger partial charge in [0.25, 0.3) is 0 Å². The molecule has 1 aliphatic rings. The first-order valence-corrected chi connectivity index (χ1v) is 9.00. The Labute approximate surface area is 126 Å². The molecule has 1 aromatic rings. The van der Waals surface area contributed by atoms with Crippen LogP contribution in [0.5, 0.6) is 0 Å². The molecule has 0 atom stereocenters. The van der Waals surface area contributed by atoms with Gasteiger partial charge in [0.1, 0.15) is 10.7 Å². The van der Waals surface area contributed by atoms with Gasteiger partial charge in [-0.2, -0.15) is 0 Å². The number of hydrogen-bond donors (Lipinski definition) is 2. The highest BCUT2D eigenvalue weighted by Gasteiger charge is 2.23. The van der Waals surface area contributed by atoms with E-state index in [9.17, 15) is 12.8 Å². The van der Waals surface area contributed by atoms with Gasteiger partial charge in [-0.05, 0) is 43.0 Å². The zero-order valence-corrected chi connectivity index (χ0v) is 13.2. The van der Waals surface area contributed by atoms with Crippen LogP contribution in [0.2, 0.25) is 0 Å². The predicted molar refractivity (Wildman–Crippen MR) is 80.9 cm³/mol. The average molecular weight is 314 g/mol. The van der Waals surface area contributed by atoms with E-state index >= 15 is 0 Å². The molecule has 0 bridgehead atoms. The van der Waals surface area contributed by atoms with Crippen molar-refractivity contribution in [3.63, 3.8) is 0 Å². The van der Waals surface area contributed by atoms with Crippen LogP contribution in [-0.2, 0) is 16.6 Å². The number of nitrogens with one attached hydrogen (secondary N) is 2. The molecule has 4 nitrogen and oxygen atoms in total. The summed E-state index contributed by atoms with van der Waals surface area (Å²) in [6.07, 6.45) is 4.19. The topological polar surface area (TPSA) is 58.2 Å². The average Bonchev–Trinajstić information content (AvgIpc) is 3.23. The number of rotatable bonds is 9. The maximum atomic E-state index is 14.0. The molecule has 0 unspecified atom stereocenters. The van der Waals surface area contributed by atoms with E-state index in [1.807, 2.05) is 0 Å². The standard InChI is InChI=1S/C15H23FN2O2S/c1-2-8-17-11-13-5-6-15(14(16)10-13)21(19,20)18-9-7-12-3-4-12/h5-6,10,12,17-18H,2-4,7-9,11H2,1H3. The third-order valence-corrected chi connectivity index (χ3v) is 5.08. The zero-order valence-electron chi connectivity index (χ0n) is 12.4. The molecular formula is C15H23FN2O2S. The van der Waals surface area contributed by atoms with Gasteiger partial charge in [0.05, 0.1) is 0 Å². The van der Waals surface area contributed by atoms with Crippen molar-refractivity contribution >= 4 is 10.0 Å². The Morgan fingerprint density at radius 3 is 2.67 bits per heavy atom. The normalized spacial score (nSPS) is 15.3. The first-order chi connectivity index (χ1) is 10.0. The highest BCUT2D eigenvalue weighted by molar-refractivity contribution is 7.89. The molecule has 21 heavy (non-hydrogen) atoms. The van der Waals surface area contributed by atoms with Crippen molar-refractivity contribution in [2.75, 3.05) is 13.1 Å². The highest BCUT2D eigenvalue weighted by Crippen LogP contribution is 2.31. The van der Waals surface area contributed by atoms with Crippen LogP contribution in [0.15, 0.2) is 23.1 Å². The van der Waals surface area contributed by atoms with Gasteiger partial charge in [0.15, 0.2) is 0 Å². The van der Waals surface area contributed by atoms with E-state index in [4.69, 9.17) is 0 Å². The SMILES string of the molecule is CCCNCc1ccc(S(=O)(=O)NCCC2CC2)c(F)c1. The molecule has 0 aromatic heterocycles. The van der Waals surface area contributed by atoms with Gasteiger partial charge in [-0.1, -0.05) is 25.8 Å². The summed E-state index contributed by atoms with van der Waals surface area (Å²) in [5.41, 5.74) is 0.748. The van der Waals surface area contributed by atoms with Crippen molar-refractivity contribution in [1.82, 2.24) is 10.0 Å². The van der Waals surface area contributed by atoms with Crippen LogP contribution >= 0.6 is 0 Å². The fourth-order valence-corrected chi connectivity index (χ4v) is 3.27. The minimum atomic E-state index is -3.75. The Morgan fingerprint density at radius 2 is 2.05 bits per heavy atom. The van der Waals surface area contributed by atoms with E-state index in [1.54, 1.807) is 6.07 Å². The molecule has 0 saturated heterocycles. The minimum Gasteiger partial charge on any atom is -0.313 e. The molecule has 1 fully saturated rings. The van der Waals surface area contributed by atoms with Gasteiger partial charge in [0.2, 0.25) is 10.0 Å². The predicted octanol–water partition coefficient (Wildman–Crippen LogP) is 2.40. The Balaban J connectivity index is 1.97. The minimum absolute atomic E-state index is 0.266. The fourth-order valence-electron chi connectivity index (χ4n) is 2.16. The van der Waals surface area contributed by atoms with E-state index in [-0.39, 0.29) is 4.90 Å². The Bertz CT molecular complexity index is 571. The summed E-state index contributed by atoms with van der Waals surface area (Å²) in [4.78, 5) is -0.266. The highest BCUT2D eigenvalue weighted by atomic mass is 32.2. The van der Waals surface area contributed by atoms with E-state index in [1.165, 1.54) is 25.0 Å². The second-order valence-electron chi connectivity index (χ2n) is 5.57. The van der Waals surface area contributed by atoms with Crippen molar-refractivity contribution in [3.8, 4) is 0 Å². The molecule has 1 aromatic carbocycles. The lowest BCUT2D eigenvalue weighted by molar-refractivity contribution is 0.551. The summed E-state index contributed by atoms with van der Waals surface area (Å²) in [6, 6.07) is 4.29. The van der Waals surface area contributed by atoms with E-state index in [2.05, 4.69) is 17.0 Å². The number of halogens is 1. The van der Waals surface area contributed by atoms with Crippen molar-refractivity contribution in [2.45, 2.75) is 44.0 Å². The third-order valence-electron chi connectivity index (χ3n) is 3.58. The van der Waals surface area contributed by atoms with Crippen LogP contribution in [0.4, 0.5) is 4.39 Å². The maximum Gasteiger partial charge on any atom is 0.243 e. The quantitative estimate of drug-likeness (QED) is 0.688. The summed E-state index contributed by atoms with van der Waals surface area (Å²) in [6.45, 7) is 3.83. The smallest absolute Gasteiger partial charge is 0.243 e. The van der Waals surface area contributed by atoms with Crippen molar-refractivity contribution in [1.29, 1.82) is 0 Å². The summed E-state index contributed by atoms with van der Waals surface area (Å²) in [5.74, 6) is -0.0470. The Kier molecular flexibility index (Phi) is 5.72. The molecule has 0 heterocycles. The maximum absolute atomic E-state index is 14.0. The molecule has 2 rings (SSSR count). The molecular weight excluding hydrogens is 291 g/mol. The van der Waals surface area contributed by atoms with Crippen LogP contribution in [-0.4, -0.2) is 21.5 Å². The van der Waals surface area contributed by atoms with Gasteiger partial charge in [0, 0.05) is 13.1 Å². The second-order valence-corrected chi connectivity index (χ2v) is 7.31. The van der Waals surface area contributed by atoms with Crippen LogP contribution in [0.1, 0.15) is 38.2 Å². The number of benzene rings is 1. The van der Waals surface area contributed by atoms with Crippen molar-refractivity contribution in [2.24, 2.45) is 5.92 Å². The summed E-state index contributed by atoms with van der Waals surface area (Å²) >= 11 is 0. The van der Waals surface area contributed by atoms with E-state index < -0.39 is 15.8 Å². The first kappa shape index (κ1) is 16.4. The third kappa shape index (κ3) is 5.05. The molecule has 0 radical (unpaired) electrons. The van der Waals surface area contributed by atoms with Crippen molar-refractivity contribution < 1.29 is 12.8 Å². The lowest BCUT2D eigenvalue weighted by Crippen LogP contribution is -2.26. The lowest BCUT2D eigenvalue weighted by Gasteiger charge is -2.09. The largest absolute Gasteiger partial charge is 0.313 e. The molecule has 118 valence electrons. The van der Waals surface area contributed by atoms with E-state index in [0.717, 1.165) is 24.9 Å². The van der Waals surface area contributed by atoms with Crippen LogP contribution in [0.3, 0.4) is 0 Å². The van der Waals surface area contributed by atoms with Crippen LogP contribution in [0.25, 0.3) is 0 Å². The Morgan fingerprint density at radius 1 is 1.29 bits per heavy atom. The molecule has 0 spiro atoms. The summed E-state index contributed by atoms with van der Waals surface area (Å²) in [7, 11) is -3.75. The van der Waals surface area contributed by atoms with Crippen LogP contribution < -0.4 is 10.0 Å². The van der Waals surface area contributed by atoms with Crippen molar-refractivity contribution in [3.05, 3.63) is 29.6 Å². The van der Waals surface area contributed by atoms with Gasteiger partial charge in [-0.15, -0.1) is 0 Å². The molecule has 1 aliphatic carbocycles. The van der Waals surface area contributed by atoms with Gasteiger partial charge in [-0.25, -0.2) is 17.5 Å². The van der Waals surface area contributed by atoms with Gasteiger partial charge in [-0.3, -0.25) is 0 Å². The van der Waals surface area contributed by atoms with E-state index in [0.29, 0.717) is 19.0 Å². The van der Waals surface area contributed by atoms with Gasteiger partial charge >= 0.3 is 0 Å². The number of hydrogen-bond acceptors (Lipinski definition) is 3. The Hall–Kier alpha value is -0.980. The molecule has 2 N–H and O–H groups in total. The van der Waals surface area contributed by atoms with Gasteiger partial charge < -0.3 is 5.32 Å². The molecule has 1 saturated carbocycles. The lowest BCUT2D eigenvalue weighted by atomic mass is 10.2. The van der Waals surface area contributed by atoms with Crippen LogP contribution in [0, 0.1) is 11.7 Å². The second kappa shape index (κ2) is 7.33. The molecule has 6 heteroatoms.